The van der Waals surface area contributed by atoms with Crippen molar-refractivity contribution in [2.45, 2.75) is 31.1 Å². The lowest BCUT2D eigenvalue weighted by molar-refractivity contribution is -0.144. The lowest BCUT2D eigenvalue weighted by atomic mass is 9.89. The van der Waals surface area contributed by atoms with Crippen LogP contribution in [-0.2, 0) is 19.8 Å². The van der Waals surface area contributed by atoms with Gasteiger partial charge in [-0.3, -0.25) is 19.3 Å². The van der Waals surface area contributed by atoms with Crippen molar-refractivity contribution in [1.29, 1.82) is 0 Å². The van der Waals surface area contributed by atoms with Gasteiger partial charge in [0.2, 0.25) is 17.7 Å². The number of benzene rings is 1. The Balaban J connectivity index is 1.40. The van der Waals surface area contributed by atoms with E-state index in [2.05, 4.69) is 0 Å². The summed E-state index contributed by atoms with van der Waals surface area (Å²) < 4.78 is 5.43. The summed E-state index contributed by atoms with van der Waals surface area (Å²) in [5, 5.41) is 0. The van der Waals surface area contributed by atoms with E-state index in [9.17, 15) is 14.4 Å². The van der Waals surface area contributed by atoms with Crippen LogP contribution in [0.3, 0.4) is 0 Å². The first-order valence-electron chi connectivity index (χ1n) is 8.81. The number of nitrogens with zero attached hydrogens (tertiary/aromatic N) is 2. The van der Waals surface area contributed by atoms with E-state index in [-0.39, 0.29) is 23.6 Å². The van der Waals surface area contributed by atoms with Gasteiger partial charge in [-0.2, -0.15) is 0 Å². The van der Waals surface area contributed by atoms with E-state index in [1.165, 1.54) is 4.90 Å². The van der Waals surface area contributed by atoms with Gasteiger partial charge in [0.25, 0.3) is 0 Å². The van der Waals surface area contributed by atoms with E-state index in [1.54, 1.807) is 7.11 Å². The van der Waals surface area contributed by atoms with Crippen LogP contribution in [0.15, 0.2) is 24.3 Å². The third-order valence-electron chi connectivity index (χ3n) is 5.62. The highest BCUT2D eigenvalue weighted by molar-refractivity contribution is 6.02. The zero-order valence-corrected chi connectivity index (χ0v) is 14.4. The van der Waals surface area contributed by atoms with Gasteiger partial charge in [-0.15, -0.1) is 0 Å². The van der Waals surface area contributed by atoms with Crippen molar-refractivity contribution in [2.24, 2.45) is 5.92 Å². The molecule has 2 saturated heterocycles. The predicted octanol–water partition coefficient (Wildman–Crippen LogP) is 1.33. The Morgan fingerprint density at radius 2 is 1.80 bits per heavy atom. The molecule has 1 saturated carbocycles. The molecular formula is C19H22N2O4. The third kappa shape index (κ3) is 2.60. The molecule has 1 aromatic carbocycles. The number of para-hydroxylation sites is 1. The average molecular weight is 342 g/mol. The van der Waals surface area contributed by atoms with Gasteiger partial charge in [0.15, 0.2) is 0 Å². The fourth-order valence-corrected chi connectivity index (χ4v) is 4.00. The lowest BCUT2D eigenvalue weighted by Gasteiger charge is -2.42. The number of methoxy groups -OCH3 is 1. The van der Waals surface area contributed by atoms with Crippen molar-refractivity contribution in [3.05, 3.63) is 29.8 Å². The van der Waals surface area contributed by atoms with Gasteiger partial charge in [-0.1, -0.05) is 18.2 Å². The van der Waals surface area contributed by atoms with Crippen LogP contribution >= 0.6 is 0 Å². The summed E-state index contributed by atoms with van der Waals surface area (Å²) >= 11 is 0. The minimum absolute atomic E-state index is 0.0811. The number of hydrogen-bond acceptors (Lipinski definition) is 4. The molecule has 6 nitrogen and oxygen atoms in total. The van der Waals surface area contributed by atoms with Gasteiger partial charge in [0.05, 0.1) is 12.5 Å². The van der Waals surface area contributed by atoms with Crippen molar-refractivity contribution >= 4 is 17.7 Å². The van der Waals surface area contributed by atoms with Crippen LogP contribution < -0.4 is 4.74 Å². The Hall–Kier alpha value is -2.37. The molecule has 1 aliphatic carbocycles. The largest absolute Gasteiger partial charge is 0.496 e. The first-order chi connectivity index (χ1) is 12.0. The molecule has 2 aliphatic heterocycles. The standard InChI is InChI=1S/C19H22N2O4/c1-25-15-5-3-2-4-14(15)19(8-9-19)18(24)20-10-13(11-20)12-21-16(22)6-7-17(21)23/h2-5,13H,6-12H2,1H3. The second kappa shape index (κ2) is 5.86. The topological polar surface area (TPSA) is 66.9 Å². The van der Waals surface area contributed by atoms with Crippen molar-refractivity contribution in [3.63, 3.8) is 0 Å². The quantitative estimate of drug-likeness (QED) is 0.757. The van der Waals surface area contributed by atoms with Gasteiger partial charge in [-0.25, -0.2) is 0 Å². The number of rotatable bonds is 5. The summed E-state index contributed by atoms with van der Waals surface area (Å²) in [6.07, 6.45) is 2.34. The molecule has 0 bridgehead atoms. The third-order valence-corrected chi connectivity index (χ3v) is 5.62. The predicted molar refractivity (Wildman–Crippen MR) is 89.9 cm³/mol. The molecule has 0 N–H and O–H groups in total. The second-order valence-electron chi connectivity index (χ2n) is 7.26. The Morgan fingerprint density at radius 3 is 2.40 bits per heavy atom. The van der Waals surface area contributed by atoms with Crippen molar-refractivity contribution < 1.29 is 19.1 Å². The number of carbonyl (C=O) groups excluding carboxylic acids is 3. The molecule has 0 spiro atoms. The van der Waals surface area contributed by atoms with Gasteiger partial charge in [0.1, 0.15) is 5.75 Å². The minimum Gasteiger partial charge on any atom is -0.496 e. The molecule has 3 fully saturated rings. The van der Waals surface area contributed by atoms with Crippen LogP contribution in [0.5, 0.6) is 5.75 Å². The highest BCUT2D eigenvalue weighted by Crippen LogP contribution is 2.53. The van der Waals surface area contributed by atoms with Crippen molar-refractivity contribution in [2.75, 3.05) is 26.7 Å². The molecule has 0 unspecified atom stereocenters. The molecule has 3 amide bonds. The maximum Gasteiger partial charge on any atom is 0.233 e. The fraction of sp³-hybridized carbons (Fsp3) is 0.526. The molecule has 4 rings (SSSR count). The minimum atomic E-state index is -0.448. The normalized spacial score (nSPS) is 22.1. The Morgan fingerprint density at radius 1 is 1.16 bits per heavy atom. The maximum absolute atomic E-state index is 13.0. The summed E-state index contributed by atoms with van der Waals surface area (Å²) in [4.78, 5) is 39.7. The molecule has 1 aromatic rings. The van der Waals surface area contributed by atoms with E-state index < -0.39 is 5.41 Å². The lowest BCUT2D eigenvalue weighted by Crippen LogP contribution is -2.56. The highest BCUT2D eigenvalue weighted by atomic mass is 16.5. The second-order valence-corrected chi connectivity index (χ2v) is 7.26. The molecule has 2 heterocycles. The highest BCUT2D eigenvalue weighted by Gasteiger charge is 2.56. The first-order valence-corrected chi connectivity index (χ1v) is 8.81. The molecule has 6 heteroatoms. The fourth-order valence-electron chi connectivity index (χ4n) is 4.00. The molecule has 0 aromatic heterocycles. The SMILES string of the molecule is COc1ccccc1C1(C(=O)N2CC(CN3C(=O)CCC3=O)C2)CC1. The Kier molecular flexibility index (Phi) is 3.78. The average Bonchev–Trinajstić information content (AvgIpc) is 3.33. The summed E-state index contributed by atoms with van der Waals surface area (Å²) in [6.45, 7) is 1.68. The number of likely N-dealkylation sites (tertiary alicyclic amines) is 2. The van der Waals surface area contributed by atoms with E-state index >= 15 is 0 Å². The van der Waals surface area contributed by atoms with Gasteiger partial charge >= 0.3 is 0 Å². The number of carbonyl (C=O) groups is 3. The number of imide groups is 1. The van der Waals surface area contributed by atoms with E-state index in [1.807, 2.05) is 29.2 Å². The van der Waals surface area contributed by atoms with Crippen LogP contribution in [0.2, 0.25) is 0 Å². The molecule has 3 aliphatic rings. The van der Waals surface area contributed by atoms with Crippen LogP contribution in [0, 0.1) is 5.92 Å². The van der Waals surface area contributed by atoms with Crippen molar-refractivity contribution in [3.8, 4) is 5.75 Å². The summed E-state index contributed by atoms with van der Waals surface area (Å²) in [7, 11) is 1.63. The zero-order chi connectivity index (χ0) is 17.6. The van der Waals surface area contributed by atoms with Gasteiger partial charge < -0.3 is 9.64 Å². The monoisotopic (exact) mass is 342 g/mol. The molecule has 132 valence electrons. The summed E-state index contributed by atoms with van der Waals surface area (Å²) in [6, 6.07) is 7.72. The van der Waals surface area contributed by atoms with E-state index in [0.717, 1.165) is 24.2 Å². The molecular weight excluding hydrogens is 320 g/mol. The van der Waals surface area contributed by atoms with E-state index in [0.29, 0.717) is 32.5 Å². The summed E-state index contributed by atoms with van der Waals surface area (Å²) in [5.41, 5.74) is 0.521. The first kappa shape index (κ1) is 16.1. The van der Waals surface area contributed by atoms with Crippen LogP contribution in [0.4, 0.5) is 0 Å². The Labute approximate surface area is 146 Å². The molecule has 0 atom stereocenters. The van der Waals surface area contributed by atoms with Crippen LogP contribution in [-0.4, -0.2) is 54.3 Å². The van der Waals surface area contributed by atoms with Crippen molar-refractivity contribution in [1.82, 2.24) is 9.80 Å². The smallest absolute Gasteiger partial charge is 0.233 e. The zero-order valence-electron chi connectivity index (χ0n) is 14.4. The number of amides is 3. The van der Waals surface area contributed by atoms with Gasteiger partial charge in [-0.05, 0) is 18.9 Å². The van der Waals surface area contributed by atoms with Crippen LogP contribution in [0.1, 0.15) is 31.2 Å². The Bertz CT molecular complexity index is 719. The van der Waals surface area contributed by atoms with E-state index in [4.69, 9.17) is 4.74 Å². The molecule has 0 radical (unpaired) electrons. The maximum atomic E-state index is 13.0. The molecule has 25 heavy (non-hydrogen) atoms. The van der Waals surface area contributed by atoms with Gasteiger partial charge in [0, 0.05) is 44.0 Å². The van der Waals surface area contributed by atoms with Crippen LogP contribution in [0.25, 0.3) is 0 Å². The number of ether oxygens (including phenoxy) is 1. The number of hydrogen-bond donors (Lipinski definition) is 0. The summed E-state index contributed by atoms with van der Waals surface area (Å²) in [5.74, 6) is 0.944.